The van der Waals surface area contributed by atoms with Crippen molar-refractivity contribution in [2.75, 3.05) is 13.7 Å². The molecule has 2 aromatic rings. The van der Waals surface area contributed by atoms with Gasteiger partial charge in [-0.2, -0.15) is 0 Å². The Bertz CT molecular complexity index is 625. The van der Waals surface area contributed by atoms with Crippen LogP contribution in [0.15, 0.2) is 45.3 Å². The van der Waals surface area contributed by atoms with E-state index in [9.17, 15) is 0 Å². The Labute approximate surface area is 135 Å². The van der Waals surface area contributed by atoms with E-state index in [1.54, 1.807) is 0 Å². The van der Waals surface area contributed by atoms with Crippen LogP contribution in [0.4, 0.5) is 0 Å². The Kier molecular flexibility index (Phi) is 4.15. The lowest BCUT2D eigenvalue weighted by Gasteiger charge is -2.20. The molecule has 0 saturated heterocycles. The maximum absolute atomic E-state index is 5.84. The summed E-state index contributed by atoms with van der Waals surface area (Å²) < 4.78 is 8.04. The first-order valence-corrected chi connectivity index (χ1v) is 8.15. The summed E-state index contributed by atoms with van der Waals surface area (Å²) in [6.45, 7) is 0.773. The van der Waals surface area contributed by atoms with Gasteiger partial charge in [-0.25, -0.2) is 0 Å². The van der Waals surface area contributed by atoms with Crippen LogP contribution in [0.2, 0.25) is 0 Å². The molecule has 3 rings (SSSR count). The molecule has 1 atom stereocenters. The molecule has 0 saturated carbocycles. The summed E-state index contributed by atoms with van der Waals surface area (Å²) in [6.07, 6.45) is 0.985. The van der Waals surface area contributed by atoms with Crippen LogP contribution in [0.1, 0.15) is 22.7 Å². The molecule has 1 aliphatic heterocycles. The van der Waals surface area contributed by atoms with E-state index in [1.807, 2.05) is 7.05 Å². The molecule has 0 radical (unpaired) electrons. The van der Waals surface area contributed by atoms with Gasteiger partial charge in [-0.15, -0.1) is 0 Å². The van der Waals surface area contributed by atoms with Gasteiger partial charge in [0.05, 0.1) is 12.6 Å². The van der Waals surface area contributed by atoms with E-state index in [-0.39, 0.29) is 6.04 Å². The molecular weight excluding hydrogens is 382 g/mol. The molecule has 2 aromatic carbocycles. The molecule has 2 nitrogen and oxygen atoms in total. The molecule has 1 heterocycles. The fourth-order valence-corrected chi connectivity index (χ4v) is 3.46. The summed E-state index contributed by atoms with van der Waals surface area (Å²) in [5.41, 5.74) is 3.70. The summed E-state index contributed by atoms with van der Waals surface area (Å²) in [4.78, 5) is 0. The highest BCUT2D eigenvalue weighted by Gasteiger charge is 2.23. The highest BCUT2D eigenvalue weighted by Crippen LogP contribution is 2.38. The molecule has 104 valence electrons. The van der Waals surface area contributed by atoms with Gasteiger partial charge in [-0.05, 0) is 42.4 Å². The van der Waals surface area contributed by atoms with Gasteiger partial charge in [0.15, 0.2) is 0 Å². The SMILES string of the molecule is CNC(c1ccc(Br)cc1)c1cc(Br)cc2c1OCC2. The number of hydrogen-bond donors (Lipinski definition) is 1. The van der Waals surface area contributed by atoms with E-state index >= 15 is 0 Å². The molecule has 20 heavy (non-hydrogen) atoms. The van der Waals surface area contributed by atoms with Crippen LogP contribution < -0.4 is 10.1 Å². The summed E-state index contributed by atoms with van der Waals surface area (Å²) >= 11 is 7.09. The van der Waals surface area contributed by atoms with Crippen LogP contribution in [0.3, 0.4) is 0 Å². The Morgan fingerprint density at radius 2 is 1.85 bits per heavy atom. The van der Waals surface area contributed by atoms with Gasteiger partial charge >= 0.3 is 0 Å². The average molecular weight is 397 g/mol. The number of halogens is 2. The maximum Gasteiger partial charge on any atom is 0.127 e. The second-order valence-electron chi connectivity index (χ2n) is 4.85. The number of nitrogens with one attached hydrogen (secondary N) is 1. The largest absolute Gasteiger partial charge is 0.493 e. The maximum atomic E-state index is 5.84. The second-order valence-corrected chi connectivity index (χ2v) is 6.69. The second kappa shape index (κ2) is 5.88. The van der Waals surface area contributed by atoms with Crippen molar-refractivity contribution in [1.82, 2.24) is 5.32 Å². The standard InChI is InChI=1S/C16H15Br2NO/c1-19-15(10-2-4-12(17)5-3-10)14-9-13(18)8-11-6-7-20-16(11)14/h2-5,8-9,15,19H,6-7H2,1H3. The van der Waals surface area contributed by atoms with Crippen molar-refractivity contribution in [1.29, 1.82) is 0 Å². The first kappa shape index (κ1) is 14.1. The third-order valence-electron chi connectivity index (χ3n) is 3.58. The van der Waals surface area contributed by atoms with E-state index in [4.69, 9.17) is 4.74 Å². The predicted molar refractivity (Wildman–Crippen MR) is 88.4 cm³/mol. The Balaban J connectivity index is 2.08. The Hall–Kier alpha value is -0.840. The summed E-state index contributed by atoms with van der Waals surface area (Å²) in [5.74, 6) is 1.04. The van der Waals surface area contributed by atoms with Gasteiger partial charge in [0, 0.05) is 20.9 Å². The van der Waals surface area contributed by atoms with E-state index in [2.05, 4.69) is 73.6 Å². The first-order valence-electron chi connectivity index (χ1n) is 6.57. The van der Waals surface area contributed by atoms with Crippen LogP contribution >= 0.6 is 31.9 Å². The van der Waals surface area contributed by atoms with Gasteiger partial charge in [0.1, 0.15) is 5.75 Å². The van der Waals surface area contributed by atoms with Gasteiger partial charge < -0.3 is 10.1 Å². The van der Waals surface area contributed by atoms with Crippen molar-refractivity contribution in [3.8, 4) is 5.75 Å². The molecule has 4 heteroatoms. The lowest BCUT2D eigenvalue weighted by atomic mass is 9.96. The van der Waals surface area contributed by atoms with Crippen molar-refractivity contribution in [2.45, 2.75) is 12.5 Å². The third kappa shape index (κ3) is 2.65. The highest BCUT2D eigenvalue weighted by atomic mass is 79.9. The van der Waals surface area contributed by atoms with Gasteiger partial charge in [-0.1, -0.05) is 44.0 Å². The Morgan fingerprint density at radius 3 is 2.55 bits per heavy atom. The van der Waals surface area contributed by atoms with Crippen molar-refractivity contribution in [3.63, 3.8) is 0 Å². The molecule has 1 unspecified atom stereocenters. The molecular formula is C16H15Br2NO. The first-order chi connectivity index (χ1) is 9.69. The molecule has 0 amide bonds. The van der Waals surface area contributed by atoms with Crippen LogP contribution in [0.25, 0.3) is 0 Å². The van der Waals surface area contributed by atoms with Gasteiger partial charge in [0.25, 0.3) is 0 Å². The van der Waals surface area contributed by atoms with Crippen molar-refractivity contribution in [2.24, 2.45) is 0 Å². The van der Waals surface area contributed by atoms with Gasteiger partial charge in [-0.3, -0.25) is 0 Å². The lowest BCUT2D eigenvalue weighted by molar-refractivity contribution is 0.351. The summed E-state index contributed by atoms with van der Waals surface area (Å²) in [5, 5.41) is 3.39. The topological polar surface area (TPSA) is 21.3 Å². The molecule has 0 aromatic heterocycles. The predicted octanol–water partition coefficient (Wildman–Crippen LogP) is 4.46. The molecule has 0 fully saturated rings. The number of hydrogen-bond acceptors (Lipinski definition) is 2. The van der Waals surface area contributed by atoms with E-state index in [0.717, 1.165) is 27.7 Å². The third-order valence-corrected chi connectivity index (χ3v) is 4.57. The normalized spacial score (nSPS) is 14.8. The van der Waals surface area contributed by atoms with Crippen LogP contribution in [-0.4, -0.2) is 13.7 Å². The van der Waals surface area contributed by atoms with Crippen molar-refractivity contribution < 1.29 is 4.74 Å². The highest BCUT2D eigenvalue weighted by molar-refractivity contribution is 9.10. The lowest BCUT2D eigenvalue weighted by Crippen LogP contribution is -2.18. The van der Waals surface area contributed by atoms with E-state index in [0.29, 0.717) is 0 Å². The molecule has 0 aliphatic carbocycles. The summed E-state index contributed by atoms with van der Waals surface area (Å²) in [7, 11) is 1.98. The minimum absolute atomic E-state index is 0.132. The van der Waals surface area contributed by atoms with Crippen LogP contribution in [0, 0.1) is 0 Å². The zero-order chi connectivity index (χ0) is 14.1. The van der Waals surface area contributed by atoms with Crippen molar-refractivity contribution >= 4 is 31.9 Å². The summed E-state index contributed by atoms with van der Waals surface area (Å²) in [6, 6.07) is 12.8. The minimum atomic E-state index is 0.132. The molecule has 0 bridgehead atoms. The quantitative estimate of drug-likeness (QED) is 0.827. The average Bonchev–Trinajstić information content (AvgIpc) is 2.89. The number of fused-ring (bicyclic) bond motifs is 1. The fourth-order valence-electron chi connectivity index (χ4n) is 2.67. The monoisotopic (exact) mass is 395 g/mol. The number of ether oxygens (including phenoxy) is 1. The van der Waals surface area contributed by atoms with Crippen LogP contribution in [-0.2, 0) is 6.42 Å². The minimum Gasteiger partial charge on any atom is -0.493 e. The number of benzene rings is 2. The van der Waals surface area contributed by atoms with Crippen molar-refractivity contribution in [3.05, 3.63) is 62.0 Å². The molecule has 1 N–H and O–H groups in total. The van der Waals surface area contributed by atoms with Gasteiger partial charge in [0.2, 0.25) is 0 Å². The zero-order valence-corrected chi connectivity index (χ0v) is 14.3. The zero-order valence-electron chi connectivity index (χ0n) is 11.1. The van der Waals surface area contributed by atoms with E-state index in [1.165, 1.54) is 16.7 Å². The van der Waals surface area contributed by atoms with E-state index < -0.39 is 0 Å². The molecule has 0 spiro atoms. The smallest absolute Gasteiger partial charge is 0.127 e. The number of rotatable bonds is 3. The van der Waals surface area contributed by atoms with Crippen LogP contribution in [0.5, 0.6) is 5.75 Å². The fraction of sp³-hybridized carbons (Fsp3) is 0.250. The molecule has 1 aliphatic rings. The Morgan fingerprint density at radius 1 is 1.10 bits per heavy atom.